The predicted octanol–water partition coefficient (Wildman–Crippen LogP) is 1.61. The van der Waals surface area contributed by atoms with Crippen LogP contribution in [0.25, 0.3) is 0 Å². The van der Waals surface area contributed by atoms with E-state index < -0.39 is 0 Å². The number of hydrogen-bond donors (Lipinski definition) is 1. The molecule has 0 fully saturated rings. The molecule has 0 radical (unpaired) electrons. The molecule has 0 bridgehead atoms. The van der Waals surface area contributed by atoms with Crippen LogP contribution in [0.15, 0.2) is 24.3 Å². The molecule has 2 amide bonds. The third kappa shape index (κ3) is 5.85. The second kappa shape index (κ2) is 8.29. The summed E-state index contributed by atoms with van der Waals surface area (Å²) in [5.74, 6) is 0.524. The first-order valence-electron chi connectivity index (χ1n) is 7.16. The minimum atomic E-state index is -0.133. The molecule has 0 aliphatic heterocycles. The number of nitrogens with zero attached hydrogens (tertiary/aromatic N) is 1. The van der Waals surface area contributed by atoms with Crippen molar-refractivity contribution in [3.63, 3.8) is 0 Å². The number of methoxy groups -OCH3 is 1. The van der Waals surface area contributed by atoms with Crippen LogP contribution in [0.2, 0.25) is 0 Å². The molecule has 0 aromatic heterocycles. The zero-order valence-electron chi connectivity index (χ0n) is 13.2. The summed E-state index contributed by atoms with van der Waals surface area (Å²) in [6, 6.07) is 7.47. The first kappa shape index (κ1) is 17.0. The second-order valence-electron chi connectivity index (χ2n) is 5.16. The number of likely N-dealkylation sites (N-methyl/N-ethyl adjacent to an activating group) is 1. The van der Waals surface area contributed by atoms with Gasteiger partial charge in [-0.1, -0.05) is 12.1 Å². The van der Waals surface area contributed by atoms with Crippen LogP contribution >= 0.6 is 0 Å². The zero-order chi connectivity index (χ0) is 15.8. The summed E-state index contributed by atoms with van der Waals surface area (Å²) in [5, 5.41) is 2.79. The molecular weight excluding hydrogens is 268 g/mol. The number of carbonyl (C=O) groups is 2. The largest absolute Gasteiger partial charge is 0.497 e. The van der Waals surface area contributed by atoms with Gasteiger partial charge in [-0.15, -0.1) is 0 Å². The Labute approximate surface area is 126 Å². The van der Waals surface area contributed by atoms with Crippen molar-refractivity contribution in [3.8, 4) is 5.75 Å². The van der Waals surface area contributed by atoms with Gasteiger partial charge in [-0.25, -0.2) is 0 Å². The van der Waals surface area contributed by atoms with Gasteiger partial charge in [0.1, 0.15) is 5.75 Å². The van der Waals surface area contributed by atoms with E-state index in [4.69, 9.17) is 4.74 Å². The number of nitrogens with one attached hydrogen (secondary N) is 1. The van der Waals surface area contributed by atoms with E-state index in [0.717, 1.165) is 11.3 Å². The quantitative estimate of drug-likeness (QED) is 0.830. The molecule has 116 valence electrons. The van der Waals surface area contributed by atoms with Crippen molar-refractivity contribution in [1.29, 1.82) is 0 Å². The van der Waals surface area contributed by atoms with Crippen molar-refractivity contribution in [3.05, 3.63) is 29.8 Å². The average Bonchev–Trinajstić information content (AvgIpc) is 2.44. The molecular formula is C16H24N2O3. The second-order valence-corrected chi connectivity index (χ2v) is 5.16. The van der Waals surface area contributed by atoms with Gasteiger partial charge in [0, 0.05) is 12.6 Å². The highest BCUT2D eigenvalue weighted by molar-refractivity contribution is 5.86. The summed E-state index contributed by atoms with van der Waals surface area (Å²) in [7, 11) is 1.59. The van der Waals surface area contributed by atoms with Crippen molar-refractivity contribution < 1.29 is 14.3 Å². The topological polar surface area (TPSA) is 58.6 Å². The number of ether oxygens (including phenoxy) is 1. The monoisotopic (exact) mass is 292 g/mol. The van der Waals surface area contributed by atoms with E-state index in [1.165, 1.54) is 0 Å². The first-order valence-corrected chi connectivity index (χ1v) is 7.16. The number of hydrogen-bond acceptors (Lipinski definition) is 3. The Morgan fingerprint density at radius 3 is 2.62 bits per heavy atom. The van der Waals surface area contributed by atoms with E-state index >= 15 is 0 Å². The highest BCUT2D eigenvalue weighted by atomic mass is 16.5. The van der Waals surface area contributed by atoms with Gasteiger partial charge in [0.2, 0.25) is 11.8 Å². The molecule has 5 heteroatoms. The number of rotatable bonds is 7. The van der Waals surface area contributed by atoms with Crippen LogP contribution in [-0.2, 0) is 16.0 Å². The number of amides is 2. The highest BCUT2D eigenvalue weighted by Crippen LogP contribution is 2.13. The van der Waals surface area contributed by atoms with Crippen molar-refractivity contribution in [2.45, 2.75) is 33.2 Å². The van der Waals surface area contributed by atoms with E-state index in [9.17, 15) is 9.59 Å². The van der Waals surface area contributed by atoms with Crippen LogP contribution in [0.1, 0.15) is 26.3 Å². The van der Waals surface area contributed by atoms with Gasteiger partial charge in [0.25, 0.3) is 0 Å². The maximum absolute atomic E-state index is 12.3. The summed E-state index contributed by atoms with van der Waals surface area (Å²) in [4.78, 5) is 25.6. The highest BCUT2D eigenvalue weighted by Gasteiger charge is 2.16. The fourth-order valence-corrected chi connectivity index (χ4v) is 1.99. The number of benzene rings is 1. The first-order chi connectivity index (χ1) is 9.96. The van der Waals surface area contributed by atoms with Crippen molar-refractivity contribution in [2.75, 3.05) is 20.2 Å². The lowest BCUT2D eigenvalue weighted by atomic mass is 10.1. The van der Waals surface area contributed by atoms with E-state index in [-0.39, 0.29) is 30.8 Å². The van der Waals surface area contributed by atoms with Crippen LogP contribution in [-0.4, -0.2) is 43.0 Å². The molecule has 1 aromatic carbocycles. The van der Waals surface area contributed by atoms with Crippen molar-refractivity contribution in [1.82, 2.24) is 10.2 Å². The molecule has 0 unspecified atom stereocenters. The van der Waals surface area contributed by atoms with Crippen LogP contribution < -0.4 is 10.1 Å². The Morgan fingerprint density at radius 2 is 2.05 bits per heavy atom. The molecule has 1 N–H and O–H groups in total. The Bertz CT molecular complexity index is 486. The van der Waals surface area contributed by atoms with E-state index in [2.05, 4.69) is 5.32 Å². The molecule has 0 saturated carbocycles. The molecule has 0 aliphatic rings. The van der Waals surface area contributed by atoms with Gasteiger partial charge in [0.15, 0.2) is 0 Å². The van der Waals surface area contributed by atoms with Crippen LogP contribution in [0.5, 0.6) is 5.75 Å². The summed E-state index contributed by atoms with van der Waals surface area (Å²) in [6.45, 7) is 6.26. The SMILES string of the molecule is CCN(CC(=O)NC(C)C)C(=O)Cc1cccc(OC)c1. The minimum absolute atomic E-state index is 0.0651. The van der Waals surface area contributed by atoms with Gasteiger partial charge in [-0.2, -0.15) is 0 Å². The Hall–Kier alpha value is -2.04. The third-order valence-electron chi connectivity index (χ3n) is 3.01. The smallest absolute Gasteiger partial charge is 0.239 e. The number of carbonyl (C=O) groups excluding carboxylic acids is 2. The van der Waals surface area contributed by atoms with Gasteiger partial charge in [-0.05, 0) is 38.5 Å². The van der Waals surface area contributed by atoms with E-state index in [0.29, 0.717) is 6.54 Å². The molecule has 1 aromatic rings. The predicted molar refractivity (Wildman–Crippen MR) is 82.2 cm³/mol. The van der Waals surface area contributed by atoms with Crippen molar-refractivity contribution >= 4 is 11.8 Å². The normalized spacial score (nSPS) is 10.3. The molecule has 0 heterocycles. The lowest BCUT2D eigenvalue weighted by Gasteiger charge is -2.21. The fraction of sp³-hybridized carbons (Fsp3) is 0.500. The van der Waals surface area contributed by atoms with E-state index in [1.54, 1.807) is 12.0 Å². The Morgan fingerprint density at radius 1 is 1.33 bits per heavy atom. The molecule has 5 nitrogen and oxygen atoms in total. The van der Waals surface area contributed by atoms with Crippen LogP contribution in [0.4, 0.5) is 0 Å². The lowest BCUT2D eigenvalue weighted by Crippen LogP contribution is -2.43. The summed E-state index contributed by atoms with van der Waals surface area (Å²) < 4.78 is 5.14. The van der Waals surface area contributed by atoms with Gasteiger partial charge in [-0.3, -0.25) is 9.59 Å². The molecule has 0 saturated heterocycles. The molecule has 21 heavy (non-hydrogen) atoms. The molecule has 1 rings (SSSR count). The van der Waals surface area contributed by atoms with E-state index in [1.807, 2.05) is 45.0 Å². The molecule has 0 aliphatic carbocycles. The van der Waals surface area contributed by atoms with Gasteiger partial charge < -0.3 is 15.0 Å². The average molecular weight is 292 g/mol. The lowest BCUT2D eigenvalue weighted by molar-refractivity contribution is -0.135. The van der Waals surface area contributed by atoms with Crippen LogP contribution in [0.3, 0.4) is 0 Å². The minimum Gasteiger partial charge on any atom is -0.497 e. The van der Waals surface area contributed by atoms with Gasteiger partial charge >= 0.3 is 0 Å². The maximum atomic E-state index is 12.3. The molecule has 0 atom stereocenters. The summed E-state index contributed by atoms with van der Waals surface area (Å²) in [5.41, 5.74) is 0.877. The summed E-state index contributed by atoms with van der Waals surface area (Å²) in [6.07, 6.45) is 0.264. The third-order valence-corrected chi connectivity index (χ3v) is 3.01. The molecule has 0 spiro atoms. The Kier molecular flexibility index (Phi) is 6.72. The van der Waals surface area contributed by atoms with Gasteiger partial charge in [0.05, 0.1) is 20.1 Å². The van der Waals surface area contributed by atoms with Crippen molar-refractivity contribution in [2.24, 2.45) is 0 Å². The zero-order valence-corrected chi connectivity index (χ0v) is 13.2. The standard InChI is InChI=1S/C16H24N2O3/c1-5-18(11-15(19)17-12(2)3)16(20)10-13-7-6-8-14(9-13)21-4/h6-9,12H,5,10-11H2,1-4H3,(H,17,19). The Balaban J connectivity index is 2.64. The summed E-state index contributed by atoms with van der Waals surface area (Å²) >= 11 is 0. The van der Waals surface area contributed by atoms with Crippen LogP contribution in [0, 0.1) is 0 Å². The fourth-order valence-electron chi connectivity index (χ4n) is 1.99. The maximum Gasteiger partial charge on any atom is 0.239 e.